The lowest BCUT2D eigenvalue weighted by atomic mass is 9.97. The van der Waals surface area contributed by atoms with E-state index in [1.807, 2.05) is 0 Å². The molecule has 0 aromatic carbocycles. The summed E-state index contributed by atoms with van der Waals surface area (Å²) in [5, 5.41) is 11.1. The zero-order valence-electron chi connectivity index (χ0n) is 10.0. The number of hydrogen-bond acceptors (Lipinski definition) is 3. The number of ether oxygens (including phenoxy) is 1. The van der Waals surface area contributed by atoms with Gasteiger partial charge in [-0.15, -0.1) is 0 Å². The van der Waals surface area contributed by atoms with Crippen LogP contribution in [0, 0.1) is 0 Å². The Kier molecular flexibility index (Phi) is 3.45. The molecule has 1 saturated carbocycles. The molecule has 0 aliphatic heterocycles. The van der Waals surface area contributed by atoms with Crippen LogP contribution in [0.1, 0.15) is 46.5 Å². The first-order valence-electron chi connectivity index (χ1n) is 5.50. The third-order valence-electron chi connectivity index (χ3n) is 2.59. The zero-order valence-corrected chi connectivity index (χ0v) is 10.0. The van der Waals surface area contributed by atoms with Crippen molar-refractivity contribution in [3.8, 4) is 0 Å². The van der Waals surface area contributed by atoms with Gasteiger partial charge in [0, 0.05) is 0 Å². The molecule has 92 valence electrons. The van der Waals surface area contributed by atoms with Crippen LogP contribution in [0.15, 0.2) is 0 Å². The van der Waals surface area contributed by atoms with E-state index in [0.717, 1.165) is 12.8 Å². The van der Waals surface area contributed by atoms with Crippen molar-refractivity contribution in [1.82, 2.24) is 5.32 Å². The summed E-state index contributed by atoms with van der Waals surface area (Å²) in [5.41, 5.74) is -1.62. The molecule has 0 aromatic rings. The summed E-state index contributed by atoms with van der Waals surface area (Å²) in [6.07, 6.45) is 1.56. The molecule has 0 aromatic heterocycles. The SMILES string of the molecule is CC(C)(C)OC(=O)C1(NC(=O)O)CCCC1. The molecule has 5 nitrogen and oxygen atoms in total. The predicted molar refractivity (Wildman–Crippen MR) is 58.2 cm³/mol. The van der Waals surface area contributed by atoms with Gasteiger partial charge in [-0.3, -0.25) is 0 Å². The van der Waals surface area contributed by atoms with E-state index in [1.54, 1.807) is 20.8 Å². The highest BCUT2D eigenvalue weighted by molar-refractivity contribution is 5.85. The van der Waals surface area contributed by atoms with Gasteiger partial charge in [0.2, 0.25) is 0 Å². The van der Waals surface area contributed by atoms with E-state index >= 15 is 0 Å². The van der Waals surface area contributed by atoms with Crippen molar-refractivity contribution >= 4 is 12.1 Å². The molecule has 1 aliphatic rings. The molecule has 0 radical (unpaired) electrons. The van der Waals surface area contributed by atoms with Crippen molar-refractivity contribution in [2.75, 3.05) is 0 Å². The van der Waals surface area contributed by atoms with Crippen LogP contribution < -0.4 is 5.32 Å². The number of rotatable bonds is 2. The van der Waals surface area contributed by atoms with Crippen molar-refractivity contribution < 1.29 is 19.4 Å². The van der Waals surface area contributed by atoms with Crippen LogP contribution in [-0.4, -0.2) is 28.3 Å². The molecule has 0 spiro atoms. The van der Waals surface area contributed by atoms with Crippen molar-refractivity contribution in [2.24, 2.45) is 0 Å². The van der Waals surface area contributed by atoms with Crippen molar-refractivity contribution in [3.63, 3.8) is 0 Å². The van der Waals surface area contributed by atoms with Crippen LogP contribution in [-0.2, 0) is 9.53 Å². The smallest absolute Gasteiger partial charge is 0.405 e. The van der Waals surface area contributed by atoms with E-state index in [2.05, 4.69) is 5.32 Å². The highest BCUT2D eigenvalue weighted by Gasteiger charge is 2.45. The maximum Gasteiger partial charge on any atom is 0.405 e. The lowest BCUT2D eigenvalue weighted by Gasteiger charge is -2.30. The molecule has 1 amide bonds. The van der Waals surface area contributed by atoms with Gasteiger partial charge in [-0.05, 0) is 33.6 Å². The summed E-state index contributed by atoms with van der Waals surface area (Å²) in [5.74, 6) is -0.458. The van der Waals surface area contributed by atoms with Gasteiger partial charge >= 0.3 is 12.1 Å². The first kappa shape index (κ1) is 12.8. The number of amides is 1. The largest absolute Gasteiger partial charge is 0.465 e. The number of hydrogen-bond donors (Lipinski definition) is 2. The fraction of sp³-hybridized carbons (Fsp3) is 0.818. The van der Waals surface area contributed by atoms with E-state index < -0.39 is 23.2 Å². The molecular formula is C11H19NO4. The Morgan fingerprint density at radius 1 is 1.25 bits per heavy atom. The molecule has 0 heterocycles. The van der Waals surface area contributed by atoms with Crippen molar-refractivity contribution in [3.05, 3.63) is 0 Å². The molecule has 1 fully saturated rings. The third kappa shape index (κ3) is 3.12. The van der Waals surface area contributed by atoms with Crippen molar-refractivity contribution in [2.45, 2.75) is 57.6 Å². The normalized spacial score (nSPS) is 19.2. The van der Waals surface area contributed by atoms with Gasteiger partial charge in [0.05, 0.1) is 0 Å². The van der Waals surface area contributed by atoms with E-state index in [-0.39, 0.29) is 0 Å². The topological polar surface area (TPSA) is 75.6 Å². The minimum atomic E-state index is -1.17. The molecule has 0 bridgehead atoms. The van der Waals surface area contributed by atoms with Crippen molar-refractivity contribution in [1.29, 1.82) is 0 Å². The quantitative estimate of drug-likeness (QED) is 0.709. The number of carbonyl (C=O) groups is 2. The Hall–Kier alpha value is -1.26. The highest BCUT2D eigenvalue weighted by atomic mass is 16.6. The van der Waals surface area contributed by atoms with Gasteiger partial charge in [-0.2, -0.15) is 0 Å². The van der Waals surface area contributed by atoms with Gasteiger partial charge in [0.15, 0.2) is 0 Å². The predicted octanol–water partition coefficient (Wildman–Crippen LogP) is 1.91. The molecule has 5 heteroatoms. The van der Waals surface area contributed by atoms with E-state index in [0.29, 0.717) is 12.8 Å². The fourth-order valence-corrected chi connectivity index (χ4v) is 1.94. The van der Waals surface area contributed by atoms with Crippen LogP contribution in [0.3, 0.4) is 0 Å². The first-order valence-corrected chi connectivity index (χ1v) is 5.50. The third-order valence-corrected chi connectivity index (χ3v) is 2.59. The summed E-state index contributed by atoms with van der Waals surface area (Å²) in [6, 6.07) is 0. The molecule has 16 heavy (non-hydrogen) atoms. The Bertz CT molecular complexity index is 287. The number of nitrogens with one attached hydrogen (secondary N) is 1. The Morgan fingerprint density at radius 2 is 1.75 bits per heavy atom. The van der Waals surface area contributed by atoms with E-state index in [4.69, 9.17) is 9.84 Å². The molecule has 0 atom stereocenters. The Labute approximate surface area is 95.2 Å². The summed E-state index contributed by atoms with van der Waals surface area (Å²) in [7, 11) is 0. The van der Waals surface area contributed by atoms with Gasteiger partial charge in [-0.25, -0.2) is 9.59 Å². The van der Waals surface area contributed by atoms with Crippen LogP contribution in [0.5, 0.6) is 0 Å². The standard InChI is InChI=1S/C11H19NO4/c1-10(2,3)16-8(13)11(12-9(14)15)6-4-5-7-11/h12H,4-7H2,1-3H3,(H,14,15). The second-order valence-corrected chi connectivity index (χ2v) is 5.22. The minimum Gasteiger partial charge on any atom is -0.465 e. The summed E-state index contributed by atoms with van der Waals surface area (Å²) in [4.78, 5) is 22.7. The number of carboxylic acid groups (broad SMARTS) is 1. The molecular weight excluding hydrogens is 210 g/mol. The van der Waals surface area contributed by atoms with Gasteiger partial charge in [-0.1, -0.05) is 12.8 Å². The van der Waals surface area contributed by atoms with E-state index in [9.17, 15) is 9.59 Å². The minimum absolute atomic E-state index is 0.458. The van der Waals surface area contributed by atoms with Crippen LogP contribution in [0.2, 0.25) is 0 Å². The van der Waals surface area contributed by atoms with Gasteiger partial charge < -0.3 is 15.2 Å². The zero-order chi connectivity index (χ0) is 12.4. The molecule has 2 N–H and O–H groups in total. The number of esters is 1. The average molecular weight is 229 g/mol. The summed E-state index contributed by atoms with van der Waals surface area (Å²) in [6.45, 7) is 5.32. The molecule has 1 aliphatic carbocycles. The van der Waals surface area contributed by atoms with Crippen LogP contribution >= 0.6 is 0 Å². The lowest BCUT2D eigenvalue weighted by Crippen LogP contribution is -2.54. The van der Waals surface area contributed by atoms with Gasteiger partial charge in [0.1, 0.15) is 11.1 Å². The second-order valence-electron chi connectivity index (χ2n) is 5.22. The first-order chi connectivity index (χ1) is 7.25. The maximum atomic E-state index is 12.0. The van der Waals surface area contributed by atoms with Crippen LogP contribution in [0.25, 0.3) is 0 Å². The monoisotopic (exact) mass is 229 g/mol. The second kappa shape index (κ2) is 4.31. The maximum absolute atomic E-state index is 12.0. The Balaban J connectivity index is 2.77. The Morgan fingerprint density at radius 3 is 2.12 bits per heavy atom. The summed E-state index contributed by atoms with van der Waals surface area (Å²) < 4.78 is 5.26. The lowest BCUT2D eigenvalue weighted by molar-refractivity contribution is -0.162. The van der Waals surface area contributed by atoms with Crippen LogP contribution in [0.4, 0.5) is 4.79 Å². The number of carbonyl (C=O) groups excluding carboxylic acids is 1. The highest BCUT2D eigenvalue weighted by Crippen LogP contribution is 2.32. The molecule has 1 rings (SSSR count). The van der Waals surface area contributed by atoms with E-state index in [1.165, 1.54) is 0 Å². The fourth-order valence-electron chi connectivity index (χ4n) is 1.94. The summed E-state index contributed by atoms with van der Waals surface area (Å²) >= 11 is 0. The average Bonchev–Trinajstić information content (AvgIpc) is 2.49. The van der Waals surface area contributed by atoms with Gasteiger partial charge in [0.25, 0.3) is 0 Å². The molecule has 0 unspecified atom stereocenters. The molecule has 0 saturated heterocycles.